The van der Waals surface area contributed by atoms with Crippen LogP contribution in [0.25, 0.3) is 0 Å². The number of methoxy groups -OCH3 is 2. The Morgan fingerprint density at radius 1 is 0.490 bits per heavy atom. The van der Waals surface area contributed by atoms with Crippen molar-refractivity contribution in [3.63, 3.8) is 0 Å². The van der Waals surface area contributed by atoms with Gasteiger partial charge in [0.25, 0.3) is 0 Å². The number of amides is 11. The minimum atomic E-state index is -1.65. The van der Waals surface area contributed by atoms with Crippen molar-refractivity contribution in [2.24, 2.45) is 35.5 Å². The Balaban J connectivity index is 3.07. The number of hydrogen-bond donors (Lipinski definition) is 5. The maximum Gasteiger partial charge on any atom is 0.246 e. The van der Waals surface area contributed by atoms with Gasteiger partial charge in [0.2, 0.25) is 65.0 Å². The third kappa shape index (κ3) is 23.4. The summed E-state index contributed by atoms with van der Waals surface area (Å²) in [6.45, 7) is 31.6. The second-order valence-electron chi connectivity index (χ2n) is 28.7. The first-order chi connectivity index (χ1) is 44.7. The molecule has 2 fully saturated rings. The van der Waals surface area contributed by atoms with Crippen molar-refractivity contribution in [1.82, 2.24) is 65.4 Å². The lowest BCUT2D eigenvalue weighted by Crippen LogP contribution is -2.65. The highest BCUT2D eigenvalue weighted by Crippen LogP contribution is 2.26. The number of carbonyl (C=O) groups is 11. The van der Waals surface area contributed by atoms with Crippen LogP contribution in [-0.4, -0.2) is 302 Å². The lowest BCUT2D eigenvalue weighted by atomic mass is 9.91. The summed E-state index contributed by atoms with van der Waals surface area (Å²) in [4.78, 5) is 177. The number of aliphatic hydroxyl groups is 1. The number of allylic oxidation sites excluding steroid dienone is 2. The second-order valence-corrected chi connectivity index (χ2v) is 28.7. The third-order valence-corrected chi connectivity index (χ3v) is 19.0. The maximum absolute atomic E-state index is 15.3. The van der Waals surface area contributed by atoms with Gasteiger partial charge in [-0.05, 0) is 95.3 Å². The Hall–Kier alpha value is -6.29. The van der Waals surface area contributed by atoms with Crippen molar-refractivity contribution in [2.75, 3.05) is 109 Å². The molecule has 0 radical (unpaired) electrons. The summed E-state index contributed by atoms with van der Waals surface area (Å²) < 4.78 is 11.4. The fourth-order valence-corrected chi connectivity index (χ4v) is 12.6. The highest BCUT2D eigenvalue weighted by atomic mass is 16.5. The Labute approximate surface area is 574 Å². The lowest BCUT2D eigenvalue weighted by molar-refractivity contribution is -0.157. The summed E-state index contributed by atoms with van der Waals surface area (Å²) in [6, 6.07) is -14.3. The molecule has 550 valence electrons. The number of carbonyl (C=O) groups excluding carboxylic acids is 11. The predicted molar refractivity (Wildman–Crippen MR) is 369 cm³/mol. The van der Waals surface area contributed by atoms with Crippen LogP contribution in [0, 0.1) is 35.5 Å². The van der Waals surface area contributed by atoms with Gasteiger partial charge in [0.05, 0.1) is 18.8 Å². The number of aliphatic hydroxyl groups excluding tert-OH is 1. The van der Waals surface area contributed by atoms with E-state index >= 15 is 33.6 Å². The molecule has 0 aromatic rings. The van der Waals surface area contributed by atoms with Crippen LogP contribution in [-0.2, 0) is 62.2 Å². The molecule has 2 unspecified atom stereocenters. The van der Waals surface area contributed by atoms with Gasteiger partial charge in [-0.25, -0.2) is 0 Å². The molecule has 14 atom stereocenters. The van der Waals surface area contributed by atoms with Gasteiger partial charge in [0.1, 0.15) is 66.5 Å². The molecule has 27 nitrogen and oxygen atoms in total. The van der Waals surface area contributed by atoms with Crippen molar-refractivity contribution in [3.05, 3.63) is 12.2 Å². The molecule has 2 heterocycles. The van der Waals surface area contributed by atoms with Gasteiger partial charge in [-0.2, -0.15) is 0 Å². The first kappa shape index (κ1) is 85.8. The number of nitrogens with zero attached hydrogens (tertiary/aromatic N) is 9. The SMILES string of the molecule is C/C=C/C[C@@H](C)[C@@H](O)[C@H]1C(=O)N[C@@H](CC)C(=O)N(C)[C@H](C)C(=O)N(C)[C@@H]([C@H](CN2CCN(CCOC)CC2)OC)C(=O)NC(C(C)C)C(=O)N(C)[C@@H](CC(C)C)C(=O)N[C@@H](C)C(=O)N[C@H](C)C(=O)N(C)[C@@H](CC(C)C)C(=O)N(C)[C@@H](CC(C)C)C(=O)N(C)C(C(C)C)C(=O)N1C. The topological polar surface area (TPSA) is 304 Å². The van der Waals surface area contributed by atoms with Crippen LogP contribution < -0.4 is 21.3 Å². The summed E-state index contributed by atoms with van der Waals surface area (Å²) in [5.74, 6) is -10.1. The van der Waals surface area contributed by atoms with E-state index < -0.39 is 161 Å². The molecule has 5 N–H and O–H groups in total. The van der Waals surface area contributed by atoms with E-state index in [1.807, 2.05) is 47.6 Å². The molecule has 0 bridgehead atoms. The summed E-state index contributed by atoms with van der Waals surface area (Å²) >= 11 is 0. The van der Waals surface area contributed by atoms with Gasteiger partial charge in [-0.1, -0.05) is 95.2 Å². The summed E-state index contributed by atoms with van der Waals surface area (Å²) in [7, 11) is 13.0. The minimum Gasteiger partial charge on any atom is -0.390 e. The standard InChI is InChI=1S/C69H125N13O14/c1-26-28-29-45(13)58(83)57-62(87)72-49(27-2)65(90)74(17)48(16)64(89)79(22)56(53(96-25)39-82-32-30-81(31-33-82)34-35-95-24)61(86)73-54(43(9)10)68(93)75(18)50(36-40(3)4)60(85)70-46(14)59(84)71-47(15)63(88)76(19)51(37-41(5)6)66(91)77(20)52(38-42(7)8)67(92)78(21)55(44(11)12)69(94)80(57)23/h26,28,40-58,83H,27,29-39H2,1-25H3,(H,70,85)(H,71,84)(H,72,87)(H,73,86)/b28-26+/t45-,46+,47-,48-,49+,50+,51+,52+,53+,54?,55?,56+,57+,58-/m1/s1. The average Bonchev–Trinajstić information content (AvgIpc) is 0.813. The van der Waals surface area contributed by atoms with Crippen molar-refractivity contribution >= 4 is 65.0 Å². The molecule has 27 heteroatoms. The van der Waals surface area contributed by atoms with E-state index in [-0.39, 0.29) is 50.0 Å². The minimum absolute atomic E-state index is 0.0150. The van der Waals surface area contributed by atoms with Crippen molar-refractivity contribution in [3.8, 4) is 0 Å². The third-order valence-electron chi connectivity index (χ3n) is 19.0. The van der Waals surface area contributed by atoms with E-state index in [0.717, 1.165) is 16.3 Å². The Bertz CT molecular complexity index is 2620. The van der Waals surface area contributed by atoms with E-state index in [1.54, 1.807) is 61.7 Å². The molecule has 0 spiro atoms. The molecule has 0 saturated carbocycles. The zero-order chi connectivity index (χ0) is 73.7. The number of piperazine rings is 1. The molecule has 0 aromatic carbocycles. The highest BCUT2D eigenvalue weighted by molar-refractivity contribution is 6.00. The zero-order valence-electron chi connectivity index (χ0n) is 62.9. The van der Waals surface area contributed by atoms with Crippen LogP contribution in [0.4, 0.5) is 0 Å². The quantitative estimate of drug-likeness (QED) is 0.109. The van der Waals surface area contributed by atoms with E-state index in [0.29, 0.717) is 39.2 Å². The molecular weight excluding hydrogens is 1230 g/mol. The van der Waals surface area contributed by atoms with Crippen molar-refractivity contribution < 1.29 is 67.3 Å². The monoisotopic (exact) mass is 1360 g/mol. The van der Waals surface area contributed by atoms with E-state index in [1.165, 1.54) is 102 Å². The maximum atomic E-state index is 15.3. The first-order valence-corrected chi connectivity index (χ1v) is 34.5. The molecule has 96 heavy (non-hydrogen) atoms. The van der Waals surface area contributed by atoms with Gasteiger partial charge in [-0.3, -0.25) is 62.5 Å². The van der Waals surface area contributed by atoms with Crippen LogP contribution in [0.2, 0.25) is 0 Å². The van der Waals surface area contributed by atoms with E-state index in [4.69, 9.17) is 9.47 Å². The van der Waals surface area contributed by atoms with Gasteiger partial charge < -0.3 is 70.1 Å². The lowest BCUT2D eigenvalue weighted by Gasteiger charge is -2.42. The van der Waals surface area contributed by atoms with E-state index in [9.17, 15) is 24.3 Å². The number of likely N-dealkylation sites (N-methyl/N-ethyl adjacent to an activating group) is 7. The predicted octanol–water partition coefficient (Wildman–Crippen LogP) is 1.89. The average molecular weight is 1360 g/mol. The molecule has 2 rings (SSSR count). The van der Waals surface area contributed by atoms with Crippen LogP contribution in [0.3, 0.4) is 0 Å². The number of nitrogens with one attached hydrogen (secondary N) is 4. The van der Waals surface area contributed by atoms with Gasteiger partial charge >= 0.3 is 0 Å². The molecule has 0 aliphatic carbocycles. The molecule has 0 aromatic heterocycles. The molecule has 11 amide bonds. The Kier molecular flexibility index (Phi) is 35.7. The van der Waals surface area contributed by atoms with Gasteiger partial charge in [-0.15, -0.1) is 0 Å². The molecule has 2 aliphatic heterocycles. The van der Waals surface area contributed by atoms with Crippen LogP contribution in [0.15, 0.2) is 12.2 Å². The molecule has 2 aliphatic rings. The van der Waals surface area contributed by atoms with E-state index in [2.05, 4.69) is 31.1 Å². The summed E-state index contributed by atoms with van der Waals surface area (Å²) in [6.07, 6.45) is 1.73. The highest BCUT2D eigenvalue weighted by Gasteiger charge is 2.47. The van der Waals surface area contributed by atoms with Crippen molar-refractivity contribution in [2.45, 2.75) is 222 Å². The first-order valence-electron chi connectivity index (χ1n) is 34.5. The van der Waals surface area contributed by atoms with Gasteiger partial charge in [0.15, 0.2) is 0 Å². The number of hydrogen-bond acceptors (Lipinski definition) is 16. The number of rotatable bonds is 20. The number of ether oxygens (including phenoxy) is 2. The largest absolute Gasteiger partial charge is 0.390 e. The van der Waals surface area contributed by atoms with Crippen LogP contribution in [0.5, 0.6) is 0 Å². The Morgan fingerprint density at radius 3 is 1.43 bits per heavy atom. The van der Waals surface area contributed by atoms with Crippen LogP contribution in [0.1, 0.15) is 143 Å². The smallest absolute Gasteiger partial charge is 0.246 e. The summed E-state index contributed by atoms with van der Waals surface area (Å²) in [5, 5.41) is 23.4. The fourth-order valence-electron chi connectivity index (χ4n) is 12.6. The second kappa shape index (κ2) is 39.9. The summed E-state index contributed by atoms with van der Waals surface area (Å²) in [5.41, 5.74) is 0. The fraction of sp³-hybridized carbons (Fsp3) is 0.812. The zero-order valence-corrected chi connectivity index (χ0v) is 62.9. The molecular formula is C69H125N13O14. The Morgan fingerprint density at radius 2 is 0.948 bits per heavy atom. The van der Waals surface area contributed by atoms with Crippen molar-refractivity contribution in [1.29, 1.82) is 0 Å². The van der Waals surface area contributed by atoms with Gasteiger partial charge in [0, 0.05) is 103 Å². The molecule has 2 saturated heterocycles. The van der Waals surface area contributed by atoms with Crippen LogP contribution >= 0.6 is 0 Å². The normalized spacial score (nSPS) is 27.6.